The minimum atomic E-state index is 0.123. The van der Waals surface area contributed by atoms with Crippen molar-refractivity contribution < 1.29 is 9.90 Å². The average Bonchev–Trinajstić information content (AvgIpc) is 2.35. The topological polar surface area (TPSA) is 49.3 Å². The van der Waals surface area contributed by atoms with E-state index in [4.69, 9.17) is 0 Å². The fourth-order valence-corrected chi connectivity index (χ4v) is 2.24. The summed E-state index contributed by atoms with van der Waals surface area (Å²) in [6.07, 6.45) is 4.60. The molecular formula is C15H19NO2. The molecule has 3 heteroatoms. The Labute approximate surface area is 108 Å². The van der Waals surface area contributed by atoms with Crippen molar-refractivity contribution in [2.24, 2.45) is 5.92 Å². The first-order chi connectivity index (χ1) is 8.58. The van der Waals surface area contributed by atoms with Crippen molar-refractivity contribution in [2.45, 2.75) is 33.1 Å². The first-order valence-corrected chi connectivity index (χ1v) is 6.37. The highest BCUT2D eigenvalue weighted by Gasteiger charge is 2.22. The van der Waals surface area contributed by atoms with Crippen molar-refractivity contribution in [3.63, 3.8) is 0 Å². The van der Waals surface area contributed by atoms with Crippen LogP contribution in [-0.4, -0.2) is 10.9 Å². The monoisotopic (exact) mass is 245 g/mol. The summed E-state index contributed by atoms with van der Waals surface area (Å²) in [5, 5.41) is 12.7. The van der Waals surface area contributed by atoms with Crippen LogP contribution in [0.15, 0.2) is 30.0 Å². The second kappa shape index (κ2) is 5.25. The third-order valence-electron chi connectivity index (χ3n) is 3.40. The van der Waals surface area contributed by atoms with Gasteiger partial charge in [0.25, 0.3) is 0 Å². The maximum absolute atomic E-state index is 11.9. The lowest BCUT2D eigenvalue weighted by molar-refractivity contribution is -0.119. The SMILES string of the molecule is Cc1ccc(O)c(N/C=C2/CCCC(C)C2=O)c1. The molecule has 1 aliphatic rings. The number of nitrogens with one attached hydrogen (secondary N) is 1. The van der Waals surface area contributed by atoms with Crippen LogP contribution in [0.3, 0.4) is 0 Å². The molecule has 0 aliphatic heterocycles. The number of phenolic OH excluding ortho intramolecular Hbond substituents is 1. The molecule has 1 atom stereocenters. The van der Waals surface area contributed by atoms with E-state index in [0.717, 1.165) is 30.4 Å². The van der Waals surface area contributed by atoms with Gasteiger partial charge in [-0.3, -0.25) is 4.79 Å². The predicted octanol–water partition coefficient (Wildman–Crippen LogP) is 3.39. The average molecular weight is 245 g/mol. The third kappa shape index (κ3) is 2.73. The number of allylic oxidation sites excluding steroid dienone is 1. The Balaban J connectivity index is 2.14. The lowest BCUT2D eigenvalue weighted by atomic mass is 9.86. The Morgan fingerprint density at radius 3 is 3.00 bits per heavy atom. The molecule has 2 N–H and O–H groups in total. The molecule has 18 heavy (non-hydrogen) atoms. The second-order valence-electron chi connectivity index (χ2n) is 4.99. The molecule has 1 fully saturated rings. The molecule has 1 aliphatic carbocycles. The molecule has 0 saturated heterocycles. The Hall–Kier alpha value is -1.77. The maximum atomic E-state index is 11.9. The molecule has 96 valence electrons. The smallest absolute Gasteiger partial charge is 0.163 e. The van der Waals surface area contributed by atoms with Gasteiger partial charge in [0.05, 0.1) is 5.69 Å². The molecule has 2 rings (SSSR count). The van der Waals surface area contributed by atoms with Crippen LogP contribution in [0, 0.1) is 12.8 Å². The van der Waals surface area contributed by atoms with Crippen LogP contribution < -0.4 is 5.32 Å². The third-order valence-corrected chi connectivity index (χ3v) is 3.40. The van der Waals surface area contributed by atoms with Crippen LogP contribution >= 0.6 is 0 Å². The zero-order valence-electron chi connectivity index (χ0n) is 10.9. The number of aromatic hydroxyl groups is 1. The number of carbonyl (C=O) groups excluding carboxylic acids is 1. The summed E-state index contributed by atoms with van der Waals surface area (Å²) in [4.78, 5) is 11.9. The molecule has 0 heterocycles. The van der Waals surface area contributed by atoms with Gasteiger partial charge >= 0.3 is 0 Å². The van der Waals surface area contributed by atoms with E-state index in [0.29, 0.717) is 5.69 Å². The molecule has 0 amide bonds. The van der Waals surface area contributed by atoms with Crippen LogP contribution in [0.25, 0.3) is 0 Å². The second-order valence-corrected chi connectivity index (χ2v) is 4.99. The summed E-state index contributed by atoms with van der Waals surface area (Å²) in [6, 6.07) is 5.37. The Morgan fingerprint density at radius 1 is 1.44 bits per heavy atom. The van der Waals surface area contributed by atoms with E-state index in [1.807, 2.05) is 26.0 Å². The van der Waals surface area contributed by atoms with Crippen molar-refractivity contribution in [2.75, 3.05) is 5.32 Å². The Kier molecular flexibility index (Phi) is 3.70. The number of phenols is 1. The molecule has 0 radical (unpaired) electrons. The molecule has 1 saturated carbocycles. The van der Waals surface area contributed by atoms with E-state index >= 15 is 0 Å². The first kappa shape index (κ1) is 12.7. The predicted molar refractivity (Wildman–Crippen MR) is 72.6 cm³/mol. The largest absolute Gasteiger partial charge is 0.506 e. The highest BCUT2D eigenvalue weighted by atomic mass is 16.3. The molecule has 1 unspecified atom stereocenters. The molecule has 3 nitrogen and oxygen atoms in total. The normalized spacial score (nSPS) is 22.2. The van der Waals surface area contributed by atoms with Gasteiger partial charge in [-0.1, -0.05) is 13.0 Å². The summed E-state index contributed by atoms with van der Waals surface area (Å²) >= 11 is 0. The minimum absolute atomic E-state index is 0.123. The summed E-state index contributed by atoms with van der Waals surface area (Å²) in [5.74, 6) is 0.549. The summed E-state index contributed by atoms with van der Waals surface area (Å²) in [6.45, 7) is 3.94. The number of Topliss-reactive ketones (excluding diaryl/α,β-unsaturated/α-hetero) is 1. The molecule has 0 bridgehead atoms. The van der Waals surface area contributed by atoms with Gasteiger partial charge in [0.1, 0.15) is 5.75 Å². The van der Waals surface area contributed by atoms with Crippen LogP contribution in [-0.2, 0) is 4.79 Å². The zero-order chi connectivity index (χ0) is 13.1. The van der Waals surface area contributed by atoms with Gasteiger partial charge in [-0.05, 0) is 43.9 Å². The highest BCUT2D eigenvalue weighted by molar-refractivity contribution is 5.97. The van der Waals surface area contributed by atoms with Crippen LogP contribution in [0.2, 0.25) is 0 Å². The minimum Gasteiger partial charge on any atom is -0.506 e. The Morgan fingerprint density at radius 2 is 2.22 bits per heavy atom. The van der Waals surface area contributed by atoms with E-state index in [2.05, 4.69) is 5.32 Å². The summed E-state index contributed by atoms with van der Waals surface area (Å²) in [7, 11) is 0. The Bertz CT molecular complexity index is 491. The van der Waals surface area contributed by atoms with E-state index < -0.39 is 0 Å². The fraction of sp³-hybridized carbons (Fsp3) is 0.400. The van der Waals surface area contributed by atoms with Gasteiger partial charge in [-0.2, -0.15) is 0 Å². The van der Waals surface area contributed by atoms with Gasteiger partial charge in [0.15, 0.2) is 5.78 Å². The molecule has 1 aromatic carbocycles. The van der Waals surface area contributed by atoms with E-state index in [9.17, 15) is 9.90 Å². The van der Waals surface area contributed by atoms with Crippen molar-refractivity contribution >= 4 is 11.5 Å². The lowest BCUT2D eigenvalue weighted by Crippen LogP contribution is -2.19. The van der Waals surface area contributed by atoms with Gasteiger partial charge in [0.2, 0.25) is 0 Å². The molecule has 1 aromatic rings. The van der Waals surface area contributed by atoms with Crippen molar-refractivity contribution in [1.29, 1.82) is 0 Å². The fourth-order valence-electron chi connectivity index (χ4n) is 2.24. The number of rotatable bonds is 2. The van der Waals surface area contributed by atoms with Gasteiger partial charge < -0.3 is 10.4 Å². The van der Waals surface area contributed by atoms with Crippen molar-refractivity contribution in [3.05, 3.63) is 35.5 Å². The number of hydrogen-bond acceptors (Lipinski definition) is 3. The lowest BCUT2D eigenvalue weighted by Gasteiger charge is -2.19. The summed E-state index contributed by atoms with van der Waals surface area (Å²) in [5.41, 5.74) is 2.54. The van der Waals surface area contributed by atoms with Gasteiger partial charge in [-0.25, -0.2) is 0 Å². The molecular weight excluding hydrogens is 226 g/mol. The van der Waals surface area contributed by atoms with Crippen molar-refractivity contribution in [1.82, 2.24) is 0 Å². The molecule has 0 aromatic heterocycles. The number of ketones is 1. The van der Waals surface area contributed by atoms with Crippen molar-refractivity contribution in [3.8, 4) is 5.75 Å². The van der Waals surface area contributed by atoms with E-state index in [-0.39, 0.29) is 17.5 Å². The number of aryl methyl sites for hydroxylation is 1. The van der Waals surface area contributed by atoms with Gasteiger partial charge in [-0.15, -0.1) is 0 Å². The van der Waals surface area contributed by atoms with Crippen LogP contribution in [0.5, 0.6) is 5.75 Å². The number of carbonyl (C=O) groups is 1. The summed E-state index contributed by atoms with van der Waals surface area (Å²) < 4.78 is 0. The zero-order valence-corrected chi connectivity index (χ0v) is 10.9. The van der Waals surface area contributed by atoms with E-state index in [1.165, 1.54) is 0 Å². The maximum Gasteiger partial charge on any atom is 0.163 e. The van der Waals surface area contributed by atoms with E-state index in [1.54, 1.807) is 12.3 Å². The quantitative estimate of drug-likeness (QED) is 0.620. The first-order valence-electron chi connectivity index (χ1n) is 6.37. The number of benzene rings is 1. The highest BCUT2D eigenvalue weighted by Crippen LogP contribution is 2.27. The van der Waals surface area contributed by atoms with Crippen LogP contribution in [0.1, 0.15) is 31.7 Å². The number of hydrogen-bond donors (Lipinski definition) is 2. The van der Waals surface area contributed by atoms with Gasteiger partial charge in [0, 0.05) is 17.7 Å². The molecule has 0 spiro atoms. The standard InChI is InChI=1S/C15H19NO2/c1-10-6-7-14(17)13(8-10)16-9-12-5-3-4-11(2)15(12)18/h6-9,11,16-17H,3-5H2,1-2H3/b12-9-. The number of anilines is 1. The van der Waals surface area contributed by atoms with Crippen LogP contribution in [0.4, 0.5) is 5.69 Å².